The Morgan fingerprint density at radius 1 is 1.10 bits per heavy atom. The average molecular weight is 438 g/mol. The van der Waals surface area contributed by atoms with Gasteiger partial charge in [-0.2, -0.15) is 11.8 Å². The second-order valence-corrected chi connectivity index (χ2v) is 8.39. The van der Waals surface area contributed by atoms with Gasteiger partial charge in [0.2, 0.25) is 11.8 Å². The van der Waals surface area contributed by atoms with Crippen LogP contribution < -0.4 is 11.5 Å². The Bertz CT molecular complexity index is 714. The van der Waals surface area contributed by atoms with E-state index < -0.39 is 35.9 Å². The van der Waals surface area contributed by atoms with Crippen LogP contribution in [0.25, 0.3) is 0 Å². The van der Waals surface area contributed by atoms with Gasteiger partial charge in [-0.15, -0.1) is 0 Å². The fraction of sp³-hybridized carbons (Fsp3) is 0.524. The number of carbonyl (C=O) groups excluding carboxylic acids is 4. The lowest BCUT2D eigenvalue weighted by molar-refractivity contribution is -0.165. The van der Waals surface area contributed by atoms with Gasteiger partial charge in [-0.1, -0.05) is 44.2 Å². The number of carbonyl (C=O) groups is 4. The molecule has 0 spiro atoms. The van der Waals surface area contributed by atoms with E-state index in [0.717, 1.165) is 4.90 Å². The topological polar surface area (TPSA) is 133 Å². The molecule has 0 aromatic heterocycles. The van der Waals surface area contributed by atoms with Crippen LogP contribution in [0.4, 0.5) is 0 Å². The molecular formula is C21H31N3O5S. The summed E-state index contributed by atoms with van der Waals surface area (Å²) in [7, 11) is 0. The van der Waals surface area contributed by atoms with E-state index in [-0.39, 0.29) is 18.8 Å². The summed E-state index contributed by atoms with van der Waals surface area (Å²) in [6.45, 7) is 3.77. The number of esters is 1. The first-order valence-electron chi connectivity index (χ1n) is 9.77. The zero-order valence-corrected chi connectivity index (χ0v) is 18.5. The predicted octanol–water partition coefficient (Wildman–Crippen LogP) is 1.11. The van der Waals surface area contributed by atoms with Gasteiger partial charge in [0.25, 0.3) is 0 Å². The highest BCUT2D eigenvalue weighted by molar-refractivity contribution is 7.98. The van der Waals surface area contributed by atoms with Crippen LogP contribution in [-0.4, -0.2) is 59.3 Å². The predicted molar refractivity (Wildman–Crippen MR) is 116 cm³/mol. The first kappa shape index (κ1) is 25.8. The van der Waals surface area contributed by atoms with E-state index in [2.05, 4.69) is 4.74 Å². The Labute approximate surface area is 181 Å². The minimum atomic E-state index is -1.35. The summed E-state index contributed by atoms with van der Waals surface area (Å²) >= 11 is 1.51. The highest BCUT2D eigenvalue weighted by Gasteiger charge is 2.40. The number of nitrogens with zero attached hydrogens (tertiary/aromatic N) is 1. The van der Waals surface area contributed by atoms with Gasteiger partial charge in [-0.3, -0.25) is 19.3 Å². The minimum absolute atomic E-state index is 0.0187. The lowest BCUT2D eigenvalue weighted by atomic mass is 9.99. The maximum atomic E-state index is 13.2. The first-order chi connectivity index (χ1) is 14.2. The van der Waals surface area contributed by atoms with E-state index in [1.54, 1.807) is 30.3 Å². The van der Waals surface area contributed by atoms with E-state index in [1.165, 1.54) is 11.8 Å². The van der Waals surface area contributed by atoms with E-state index in [4.69, 9.17) is 11.5 Å². The number of nitrogens with two attached hydrogens (primary N) is 2. The van der Waals surface area contributed by atoms with Crippen LogP contribution in [0.5, 0.6) is 0 Å². The van der Waals surface area contributed by atoms with Crippen molar-refractivity contribution in [3.05, 3.63) is 35.9 Å². The number of rotatable bonds is 12. The largest absolute Gasteiger partial charge is 0.394 e. The lowest BCUT2D eigenvalue weighted by Crippen LogP contribution is -2.59. The number of amides is 2. The van der Waals surface area contributed by atoms with Crippen LogP contribution in [0.2, 0.25) is 0 Å². The Kier molecular flexibility index (Phi) is 11.3. The number of ether oxygens (including phenoxy) is 1. The quantitative estimate of drug-likeness (QED) is 0.282. The number of imide groups is 1. The normalized spacial score (nSPS) is 13.9. The van der Waals surface area contributed by atoms with Crippen molar-refractivity contribution in [2.75, 3.05) is 12.0 Å². The maximum absolute atomic E-state index is 13.2. The van der Waals surface area contributed by atoms with Crippen LogP contribution in [-0.2, 0) is 30.3 Å². The average Bonchev–Trinajstić information content (AvgIpc) is 2.71. The summed E-state index contributed by atoms with van der Waals surface area (Å²) in [6, 6.07) is 5.48. The van der Waals surface area contributed by atoms with Gasteiger partial charge in [0.1, 0.15) is 6.04 Å². The summed E-state index contributed by atoms with van der Waals surface area (Å²) in [5.41, 5.74) is 12.8. The fourth-order valence-corrected chi connectivity index (χ4v) is 3.48. The molecule has 3 atom stereocenters. The van der Waals surface area contributed by atoms with Crippen molar-refractivity contribution >= 4 is 36.0 Å². The lowest BCUT2D eigenvalue weighted by Gasteiger charge is -2.32. The molecule has 0 unspecified atom stereocenters. The van der Waals surface area contributed by atoms with Gasteiger partial charge in [-0.05, 0) is 36.3 Å². The van der Waals surface area contributed by atoms with Crippen LogP contribution in [0.1, 0.15) is 32.3 Å². The molecule has 0 saturated carbocycles. The molecule has 0 aliphatic carbocycles. The van der Waals surface area contributed by atoms with Gasteiger partial charge in [0.15, 0.2) is 0 Å². The molecule has 2 amide bonds. The van der Waals surface area contributed by atoms with Crippen LogP contribution in [0.15, 0.2) is 30.3 Å². The summed E-state index contributed by atoms with van der Waals surface area (Å²) in [5.74, 6) is -1.73. The maximum Gasteiger partial charge on any atom is 0.337 e. The van der Waals surface area contributed by atoms with Gasteiger partial charge in [0.05, 0.1) is 12.1 Å². The Morgan fingerprint density at radius 3 is 2.23 bits per heavy atom. The van der Waals surface area contributed by atoms with Crippen LogP contribution in [0, 0.1) is 5.92 Å². The number of benzene rings is 1. The second kappa shape index (κ2) is 13.1. The SMILES string of the molecule is CSCC[C@H](N)C(=O)N(C(=O)[C@@H](N)CC(C)C)[C@@H](Cc1ccccc1)C(=O)OC=O. The molecule has 166 valence electrons. The molecule has 1 aromatic rings. The van der Waals surface area contributed by atoms with Crippen molar-refractivity contribution < 1.29 is 23.9 Å². The van der Waals surface area contributed by atoms with Gasteiger partial charge in [0, 0.05) is 6.42 Å². The van der Waals surface area contributed by atoms with E-state index in [0.29, 0.717) is 24.2 Å². The third kappa shape index (κ3) is 7.89. The molecule has 0 fully saturated rings. The number of thioether (sulfide) groups is 1. The Balaban J connectivity index is 3.34. The second-order valence-electron chi connectivity index (χ2n) is 7.41. The third-order valence-corrected chi connectivity index (χ3v) is 5.13. The van der Waals surface area contributed by atoms with Gasteiger partial charge < -0.3 is 16.2 Å². The molecule has 0 aliphatic heterocycles. The molecule has 0 heterocycles. The zero-order chi connectivity index (χ0) is 22.7. The fourth-order valence-electron chi connectivity index (χ4n) is 2.99. The molecule has 9 heteroatoms. The molecule has 0 radical (unpaired) electrons. The molecule has 0 saturated heterocycles. The highest BCUT2D eigenvalue weighted by atomic mass is 32.2. The van der Waals surface area contributed by atoms with E-state index in [1.807, 2.05) is 20.1 Å². The molecular weight excluding hydrogens is 406 g/mol. The number of hydrogen-bond donors (Lipinski definition) is 2. The Morgan fingerprint density at radius 2 is 1.70 bits per heavy atom. The molecule has 0 aliphatic rings. The van der Waals surface area contributed by atoms with Gasteiger partial charge >= 0.3 is 12.4 Å². The van der Waals surface area contributed by atoms with Crippen molar-refractivity contribution in [1.29, 1.82) is 0 Å². The van der Waals surface area contributed by atoms with E-state index >= 15 is 0 Å². The zero-order valence-electron chi connectivity index (χ0n) is 17.7. The van der Waals surface area contributed by atoms with Crippen molar-refractivity contribution in [1.82, 2.24) is 4.90 Å². The minimum Gasteiger partial charge on any atom is -0.394 e. The first-order valence-corrected chi connectivity index (χ1v) is 11.2. The van der Waals surface area contributed by atoms with Gasteiger partial charge in [-0.25, -0.2) is 4.79 Å². The van der Waals surface area contributed by atoms with Crippen LogP contribution in [0.3, 0.4) is 0 Å². The summed E-state index contributed by atoms with van der Waals surface area (Å²) in [4.78, 5) is 50.5. The summed E-state index contributed by atoms with van der Waals surface area (Å²) < 4.78 is 4.53. The van der Waals surface area contributed by atoms with Crippen LogP contribution >= 0.6 is 11.8 Å². The van der Waals surface area contributed by atoms with E-state index in [9.17, 15) is 19.2 Å². The summed E-state index contributed by atoms with van der Waals surface area (Å²) in [6.07, 6.45) is 2.50. The third-order valence-electron chi connectivity index (χ3n) is 4.49. The molecule has 0 bridgehead atoms. The molecule has 4 N–H and O–H groups in total. The van der Waals surface area contributed by atoms with Crippen molar-refractivity contribution in [2.24, 2.45) is 17.4 Å². The molecule has 1 aromatic carbocycles. The summed E-state index contributed by atoms with van der Waals surface area (Å²) in [5, 5.41) is 0. The van der Waals surface area contributed by atoms with Crippen molar-refractivity contribution in [2.45, 2.75) is 51.2 Å². The monoisotopic (exact) mass is 437 g/mol. The highest BCUT2D eigenvalue weighted by Crippen LogP contribution is 2.17. The molecule has 1 rings (SSSR count). The van der Waals surface area contributed by atoms with Crippen molar-refractivity contribution in [3.8, 4) is 0 Å². The molecule has 8 nitrogen and oxygen atoms in total. The smallest absolute Gasteiger partial charge is 0.337 e. The molecule has 30 heavy (non-hydrogen) atoms. The van der Waals surface area contributed by atoms with Crippen molar-refractivity contribution in [3.63, 3.8) is 0 Å². The number of hydrogen-bond acceptors (Lipinski definition) is 8. The Hall–Kier alpha value is -2.23. The standard InChI is InChI=1S/C21H31N3O5S/c1-14(2)11-17(23)20(27)24(19(26)16(22)9-10-30-3)18(21(28)29-13-25)12-15-7-5-4-6-8-15/h4-8,13-14,16-18H,9-12,22-23H2,1-3H3/t16-,17-,18-/m0/s1.